The molecule has 1 atom stereocenters. The molecule has 0 amide bonds. The van der Waals surface area contributed by atoms with Crippen molar-refractivity contribution in [2.24, 2.45) is 0 Å². The van der Waals surface area contributed by atoms with Gasteiger partial charge in [-0.2, -0.15) is 0 Å². The average Bonchev–Trinajstić information content (AvgIpc) is 2.94. The van der Waals surface area contributed by atoms with Crippen LogP contribution in [0.1, 0.15) is 5.56 Å². The lowest BCUT2D eigenvalue weighted by Gasteiger charge is -2.05. The predicted molar refractivity (Wildman–Crippen MR) is 50.8 cm³/mol. The van der Waals surface area contributed by atoms with Gasteiger partial charge in [-0.1, -0.05) is 17.7 Å². The van der Waals surface area contributed by atoms with Crippen LogP contribution in [0.4, 0.5) is 4.39 Å². The van der Waals surface area contributed by atoms with Crippen LogP contribution >= 0.6 is 11.6 Å². The average molecular weight is 217 g/mol. The fraction of sp³-hybridized carbons (Fsp3) is 0.400. The fourth-order valence-electron chi connectivity index (χ4n) is 1.13. The Bertz CT molecular complexity index is 306. The summed E-state index contributed by atoms with van der Waals surface area (Å²) in [6, 6.07) is 4.60. The molecular weight excluding hydrogens is 207 g/mol. The number of benzene rings is 1. The minimum atomic E-state index is -0.325. The quantitative estimate of drug-likeness (QED) is 0.721. The molecule has 1 aliphatic rings. The molecule has 0 N–H and O–H groups in total. The van der Waals surface area contributed by atoms with Crippen molar-refractivity contribution >= 4 is 11.6 Å². The van der Waals surface area contributed by atoms with E-state index in [0.717, 1.165) is 6.61 Å². The first-order valence-electron chi connectivity index (χ1n) is 4.39. The highest BCUT2D eigenvalue weighted by atomic mass is 35.5. The first-order chi connectivity index (χ1) is 6.77. The molecule has 14 heavy (non-hydrogen) atoms. The second-order valence-electron chi connectivity index (χ2n) is 3.17. The van der Waals surface area contributed by atoms with E-state index in [2.05, 4.69) is 0 Å². The maximum Gasteiger partial charge on any atom is 0.130 e. The minimum absolute atomic E-state index is 0.195. The largest absolute Gasteiger partial charge is 0.374 e. The second kappa shape index (κ2) is 4.26. The third kappa shape index (κ3) is 2.44. The van der Waals surface area contributed by atoms with E-state index in [1.54, 1.807) is 12.1 Å². The van der Waals surface area contributed by atoms with Crippen molar-refractivity contribution in [3.63, 3.8) is 0 Å². The molecule has 0 bridgehead atoms. The lowest BCUT2D eigenvalue weighted by Crippen LogP contribution is -2.03. The molecule has 1 heterocycles. The van der Waals surface area contributed by atoms with Crippen molar-refractivity contribution < 1.29 is 13.9 Å². The molecule has 76 valence electrons. The Morgan fingerprint density at radius 2 is 2.36 bits per heavy atom. The Hall–Kier alpha value is -0.640. The third-order valence-corrected chi connectivity index (χ3v) is 2.37. The summed E-state index contributed by atoms with van der Waals surface area (Å²) in [4.78, 5) is 0. The summed E-state index contributed by atoms with van der Waals surface area (Å²) in [5.74, 6) is -0.325. The van der Waals surface area contributed by atoms with E-state index < -0.39 is 0 Å². The van der Waals surface area contributed by atoms with Crippen LogP contribution in [0.2, 0.25) is 5.02 Å². The summed E-state index contributed by atoms with van der Waals surface area (Å²) >= 11 is 5.81. The van der Waals surface area contributed by atoms with Crippen LogP contribution in [0, 0.1) is 5.82 Å². The zero-order chi connectivity index (χ0) is 9.97. The van der Waals surface area contributed by atoms with Gasteiger partial charge >= 0.3 is 0 Å². The van der Waals surface area contributed by atoms with Crippen molar-refractivity contribution in [1.82, 2.24) is 0 Å². The number of hydrogen-bond donors (Lipinski definition) is 0. The van der Waals surface area contributed by atoms with Gasteiger partial charge in [0.2, 0.25) is 0 Å². The Labute approximate surface area is 86.6 Å². The molecule has 0 unspecified atom stereocenters. The van der Waals surface area contributed by atoms with Gasteiger partial charge in [-0.25, -0.2) is 4.39 Å². The molecule has 0 radical (unpaired) electrons. The first kappa shape index (κ1) is 9.90. The van der Waals surface area contributed by atoms with E-state index in [1.165, 1.54) is 6.07 Å². The lowest BCUT2D eigenvalue weighted by atomic mass is 10.2. The molecule has 1 aromatic carbocycles. The van der Waals surface area contributed by atoms with Gasteiger partial charge in [-0.05, 0) is 12.1 Å². The number of hydrogen-bond acceptors (Lipinski definition) is 2. The molecule has 4 heteroatoms. The highest BCUT2D eigenvalue weighted by molar-refractivity contribution is 6.31. The standard InChI is InChI=1S/C10H10ClFO2/c11-9-2-1-3-10(12)8(9)6-13-4-7-5-14-7/h1-3,7H,4-6H2/t7-/m1/s1. The van der Waals surface area contributed by atoms with Crippen LogP contribution in [-0.2, 0) is 16.1 Å². The van der Waals surface area contributed by atoms with Crippen molar-refractivity contribution in [2.75, 3.05) is 13.2 Å². The summed E-state index contributed by atoms with van der Waals surface area (Å²) in [6.45, 7) is 1.45. The minimum Gasteiger partial charge on any atom is -0.374 e. The molecule has 0 saturated carbocycles. The van der Waals surface area contributed by atoms with Crippen molar-refractivity contribution in [2.45, 2.75) is 12.7 Å². The Kier molecular flexibility index (Phi) is 3.01. The van der Waals surface area contributed by atoms with Crippen LogP contribution < -0.4 is 0 Å². The summed E-state index contributed by atoms with van der Waals surface area (Å²) < 4.78 is 23.4. The highest BCUT2D eigenvalue weighted by Gasteiger charge is 2.22. The Balaban J connectivity index is 1.92. The summed E-state index contributed by atoms with van der Waals surface area (Å²) in [7, 11) is 0. The van der Waals surface area contributed by atoms with Crippen LogP contribution in [0.15, 0.2) is 18.2 Å². The molecule has 1 saturated heterocycles. The summed E-state index contributed by atoms with van der Waals surface area (Å²) in [6.07, 6.45) is 0.195. The number of epoxide rings is 1. The Morgan fingerprint density at radius 1 is 1.57 bits per heavy atom. The molecule has 1 fully saturated rings. The lowest BCUT2D eigenvalue weighted by molar-refractivity contribution is 0.102. The second-order valence-corrected chi connectivity index (χ2v) is 3.58. The van der Waals surface area contributed by atoms with Crippen molar-refractivity contribution in [1.29, 1.82) is 0 Å². The topological polar surface area (TPSA) is 21.8 Å². The fourth-order valence-corrected chi connectivity index (χ4v) is 1.34. The summed E-state index contributed by atoms with van der Waals surface area (Å²) in [5, 5.41) is 0.404. The van der Waals surface area contributed by atoms with Gasteiger partial charge in [0.1, 0.15) is 11.9 Å². The van der Waals surface area contributed by atoms with Crippen molar-refractivity contribution in [3.8, 4) is 0 Å². The van der Waals surface area contributed by atoms with Gasteiger partial charge in [0, 0.05) is 10.6 Å². The first-order valence-corrected chi connectivity index (χ1v) is 4.77. The number of halogens is 2. The molecule has 2 nitrogen and oxygen atoms in total. The van der Waals surface area contributed by atoms with E-state index in [0.29, 0.717) is 17.2 Å². The van der Waals surface area contributed by atoms with Crippen LogP contribution in [0.5, 0.6) is 0 Å². The predicted octanol–water partition coefficient (Wildman–Crippen LogP) is 2.39. The molecular formula is C10H10ClFO2. The highest BCUT2D eigenvalue weighted by Crippen LogP contribution is 2.20. The molecule has 1 aliphatic heterocycles. The zero-order valence-electron chi connectivity index (χ0n) is 7.50. The zero-order valence-corrected chi connectivity index (χ0v) is 8.26. The van der Waals surface area contributed by atoms with E-state index in [-0.39, 0.29) is 18.5 Å². The number of ether oxygens (including phenoxy) is 2. The monoisotopic (exact) mass is 216 g/mol. The van der Waals surface area contributed by atoms with Gasteiger partial charge in [0.15, 0.2) is 0 Å². The van der Waals surface area contributed by atoms with Crippen LogP contribution in [-0.4, -0.2) is 19.3 Å². The normalized spacial score (nSPS) is 19.7. The summed E-state index contributed by atoms with van der Waals surface area (Å²) in [5.41, 5.74) is 0.412. The third-order valence-electron chi connectivity index (χ3n) is 2.01. The Morgan fingerprint density at radius 3 is 3.00 bits per heavy atom. The van der Waals surface area contributed by atoms with Gasteiger partial charge in [-0.15, -0.1) is 0 Å². The maximum absolute atomic E-state index is 13.2. The van der Waals surface area contributed by atoms with Gasteiger partial charge in [-0.3, -0.25) is 0 Å². The molecule has 2 rings (SSSR count). The van der Waals surface area contributed by atoms with Gasteiger partial charge in [0.05, 0.1) is 19.8 Å². The van der Waals surface area contributed by atoms with E-state index in [4.69, 9.17) is 21.1 Å². The smallest absolute Gasteiger partial charge is 0.130 e. The van der Waals surface area contributed by atoms with Crippen LogP contribution in [0.25, 0.3) is 0 Å². The number of rotatable bonds is 4. The van der Waals surface area contributed by atoms with E-state index >= 15 is 0 Å². The molecule has 0 aliphatic carbocycles. The van der Waals surface area contributed by atoms with Gasteiger partial charge in [0.25, 0.3) is 0 Å². The van der Waals surface area contributed by atoms with E-state index in [1.807, 2.05) is 0 Å². The maximum atomic E-state index is 13.2. The van der Waals surface area contributed by atoms with E-state index in [9.17, 15) is 4.39 Å². The molecule has 1 aromatic rings. The van der Waals surface area contributed by atoms with Crippen molar-refractivity contribution in [3.05, 3.63) is 34.6 Å². The molecule has 0 spiro atoms. The molecule has 0 aromatic heterocycles. The van der Waals surface area contributed by atoms with Crippen LogP contribution in [0.3, 0.4) is 0 Å². The SMILES string of the molecule is Fc1cccc(Cl)c1COC[C@@H]1CO1. The van der Waals surface area contributed by atoms with Gasteiger partial charge < -0.3 is 9.47 Å².